The molecule has 1 aliphatic rings. The number of rotatable bonds is 8. The highest BCUT2D eigenvalue weighted by Crippen LogP contribution is 2.41. The van der Waals surface area contributed by atoms with Gasteiger partial charge >= 0.3 is 18.3 Å². The molecule has 1 fully saturated rings. The number of nitrogens with zero attached hydrogens (tertiary/aromatic N) is 4. The molecule has 3 atom stereocenters. The van der Waals surface area contributed by atoms with Crippen molar-refractivity contribution >= 4 is 40.9 Å². The Hall–Kier alpha value is -2.87. The number of hydrogen-bond donors (Lipinski definition) is 1. The van der Waals surface area contributed by atoms with E-state index in [-0.39, 0.29) is 34.9 Å². The molecule has 39 heavy (non-hydrogen) atoms. The number of alkyl halides is 6. The number of halogens is 8. The molecule has 0 aliphatic heterocycles. The van der Waals surface area contributed by atoms with E-state index in [2.05, 4.69) is 10.1 Å². The van der Waals surface area contributed by atoms with Crippen molar-refractivity contribution in [3.05, 3.63) is 45.5 Å². The molecule has 0 aromatic carbocycles. The van der Waals surface area contributed by atoms with Crippen LogP contribution in [0.3, 0.4) is 0 Å². The van der Waals surface area contributed by atoms with Gasteiger partial charge in [0.05, 0.1) is 52.3 Å². The summed E-state index contributed by atoms with van der Waals surface area (Å²) in [5, 5.41) is 12.5. The van der Waals surface area contributed by atoms with Gasteiger partial charge in [0, 0.05) is 18.9 Å². The van der Waals surface area contributed by atoms with Gasteiger partial charge in [-0.05, 0) is 25.2 Å². The maximum atomic E-state index is 14.2. The van der Waals surface area contributed by atoms with Crippen molar-refractivity contribution in [2.45, 2.75) is 51.0 Å². The smallest absolute Gasteiger partial charge is 0.433 e. The Morgan fingerprint density at radius 1 is 1.08 bits per heavy atom. The summed E-state index contributed by atoms with van der Waals surface area (Å²) in [6.45, 7) is -0.604. The summed E-state index contributed by atoms with van der Waals surface area (Å²) in [5.74, 6) is -4.85. The molecule has 0 saturated heterocycles. The summed E-state index contributed by atoms with van der Waals surface area (Å²) in [7, 11) is 0. The second kappa shape index (κ2) is 11.7. The number of carbonyl (C=O) groups excluding carboxylic acids is 2. The first-order valence-electron chi connectivity index (χ1n) is 11.6. The fraction of sp³-hybridized carbons (Fsp3) is 0.522. The van der Waals surface area contributed by atoms with Gasteiger partial charge in [-0.2, -0.15) is 31.4 Å². The van der Waals surface area contributed by atoms with Crippen LogP contribution < -0.4 is 0 Å². The van der Waals surface area contributed by atoms with E-state index in [1.54, 1.807) is 6.92 Å². The summed E-state index contributed by atoms with van der Waals surface area (Å²) in [4.78, 5) is 41.5. The van der Waals surface area contributed by atoms with Crippen molar-refractivity contribution in [1.29, 1.82) is 0 Å². The summed E-state index contributed by atoms with van der Waals surface area (Å²) in [5.41, 5.74) is -2.89. The molecule has 1 amide bonds. The third-order valence-corrected chi connectivity index (χ3v) is 7.09. The van der Waals surface area contributed by atoms with Gasteiger partial charge in [-0.3, -0.25) is 24.0 Å². The van der Waals surface area contributed by atoms with Gasteiger partial charge in [0.15, 0.2) is 11.5 Å². The third-order valence-electron chi connectivity index (χ3n) is 6.52. The Morgan fingerprint density at radius 2 is 1.69 bits per heavy atom. The van der Waals surface area contributed by atoms with Crippen LogP contribution in [0.5, 0.6) is 0 Å². The van der Waals surface area contributed by atoms with Gasteiger partial charge in [0.2, 0.25) is 0 Å². The molecule has 3 rings (SSSR count). The van der Waals surface area contributed by atoms with Gasteiger partial charge in [-0.1, -0.05) is 30.1 Å². The zero-order chi connectivity index (χ0) is 29.3. The monoisotopic (exact) mass is 602 g/mol. The molecule has 1 aliphatic carbocycles. The highest BCUT2D eigenvalue weighted by Gasteiger charge is 2.44. The number of carbonyl (C=O) groups is 3. The minimum atomic E-state index is -5.15. The SMILES string of the molecule is C[C@@H]1C[C@@H](n2ncc(C(=O)N(CCC(F)(F)F)CC(=O)c3c(Cl)cncc3Cl)c2C(F)(F)F)CC[C@@H]1C(=O)O. The molecule has 0 unspecified atom stereocenters. The predicted octanol–water partition coefficient (Wildman–Crippen LogP) is 5.94. The second-order valence-corrected chi connectivity index (χ2v) is 10.0. The molecule has 2 aromatic heterocycles. The molecule has 0 spiro atoms. The summed E-state index contributed by atoms with van der Waals surface area (Å²) >= 11 is 11.8. The molecule has 1 N–H and O–H groups in total. The number of hydrogen-bond acceptors (Lipinski definition) is 5. The lowest BCUT2D eigenvalue weighted by molar-refractivity contribution is -0.149. The van der Waals surface area contributed by atoms with E-state index < -0.39 is 78.7 Å². The van der Waals surface area contributed by atoms with Crippen LogP contribution in [-0.2, 0) is 11.0 Å². The van der Waals surface area contributed by atoms with Gasteiger partial charge < -0.3 is 10.0 Å². The van der Waals surface area contributed by atoms with Crippen LogP contribution >= 0.6 is 23.2 Å². The van der Waals surface area contributed by atoms with Crippen molar-refractivity contribution in [2.75, 3.05) is 13.1 Å². The van der Waals surface area contributed by atoms with Crippen LogP contribution in [0.25, 0.3) is 0 Å². The zero-order valence-electron chi connectivity index (χ0n) is 20.2. The number of pyridine rings is 1. The number of amides is 1. The Balaban J connectivity index is 1.98. The van der Waals surface area contributed by atoms with Crippen LogP contribution in [0.2, 0.25) is 10.0 Å². The largest absolute Gasteiger partial charge is 0.481 e. The van der Waals surface area contributed by atoms with Crippen LogP contribution in [0.15, 0.2) is 18.6 Å². The Morgan fingerprint density at radius 3 is 2.21 bits per heavy atom. The average Bonchev–Trinajstić information content (AvgIpc) is 3.26. The first kappa shape index (κ1) is 30.7. The fourth-order valence-electron chi connectivity index (χ4n) is 4.65. The van der Waals surface area contributed by atoms with E-state index in [4.69, 9.17) is 23.2 Å². The van der Waals surface area contributed by atoms with Crippen molar-refractivity contribution < 1.29 is 45.8 Å². The lowest BCUT2D eigenvalue weighted by Gasteiger charge is -2.33. The van der Waals surface area contributed by atoms with Gasteiger partial charge in [-0.15, -0.1) is 0 Å². The molecule has 1 saturated carbocycles. The number of Topliss-reactive ketones (excluding diaryl/α,β-unsaturated/α-hetero) is 1. The first-order chi connectivity index (χ1) is 18.0. The summed E-state index contributed by atoms with van der Waals surface area (Å²) < 4.78 is 82.2. The van der Waals surface area contributed by atoms with Crippen LogP contribution in [0.4, 0.5) is 26.3 Å². The molecule has 16 heteroatoms. The van der Waals surface area contributed by atoms with Crippen molar-refractivity contribution in [1.82, 2.24) is 19.7 Å². The maximum Gasteiger partial charge on any atom is 0.433 e. The molecular weight excluding hydrogens is 581 g/mol. The zero-order valence-corrected chi connectivity index (χ0v) is 21.7. The molecular formula is C23H22Cl2F6N4O4. The average molecular weight is 603 g/mol. The van der Waals surface area contributed by atoms with Crippen molar-refractivity contribution in [3.63, 3.8) is 0 Å². The molecule has 2 aromatic rings. The number of aromatic nitrogens is 3. The number of carboxylic acid groups (broad SMARTS) is 1. The summed E-state index contributed by atoms with van der Waals surface area (Å²) in [6.07, 6.45) is -8.76. The maximum absolute atomic E-state index is 14.2. The van der Waals surface area contributed by atoms with E-state index in [1.165, 1.54) is 0 Å². The Labute approximate surface area is 227 Å². The van der Waals surface area contributed by atoms with E-state index in [1.807, 2.05) is 0 Å². The Bertz CT molecular complexity index is 1230. The van der Waals surface area contributed by atoms with Gasteiger partial charge in [-0.25, -0.2) is 0 Å². The molecule has 2 heterocycles. The number of ketones is 1. The fourth-order valence-corrected chi connectivity index (χ4v) is 5.22. The lowest BCUT2D eigenvalue weighted by Crippen LogP contribution is -2.39. The number of aliphatic carboxylic acids is 1. The van der Waals surface area contributed by atoms with Crippen molar-refractivity contribution in [2.24, 2.45) is 11.8 Å². The van der Waals surface area contributed by atoms with Crippen LogP contribution in [0, 0.1) is 11.8 Å². The highest BCUT2D eigenvalue weighted by atomic mass is 35.5. The minimum Gasteiger partial charge on any atom is -0.481 e. The standard InChI is InChI=1S/C23H22Cl2F6N4O4/c1-11-6-12(2-3-13(11)21(38)39)35-19(23(29,30)31)14(7-33-35)20(37)34(5-4-22(26,27)28)10-17(36)18-15(24)8-32-9-16(18)25/h7-9,11-13H,2-6,10H2,1H3,(H,38,39)/t11-,12+,13+/m1/s1. The molecule has 0 bridgehead atoms. The van der Waals surface area contributed by atoms with E-state index in [0.29, 0.717) is 15.8 Å². The number of carboxylic acids is 1. The van der Waals surface area contributed by atoms with E-state index in [9.17, 15) is 45.8 Å². The molecule has 8 nitrogen and oxygen atoms in total. The third kappa shape index (κ3) is 7.21. The first-order valence-corrected chi connectivity index (χ1v) is 12.3. The minimum absolute atomic E-state index is 0.0185. The predicted molar refractivity (Wildman–Crippen MR) is 126 cm³/mol. The summed E-state index contributed by atoms with van der Waals surface area (Å²) in [6, 6.07) is -0.909. The van der Waals surface area contributed by atoms with Crippen LogP contribution in [0.1, 0.15) is 65.1 Å². The highest BCUT2D eigenvalue weighted by molar-refractivity contribution is 6.39. The normalized spacial score (nSPS) is 20.1. The molecule has 214 valence electrons. The Kier molecular flexibility index (Phi) is 9.20. The quantitative estimate of drug-likeness (QED) is 0.296. The topological polar surface area (TPSA) is 105 Å². The lowest BCUT2D eigenvalue weighted by atomic mass is 9.78. The van der Waals surface area contributed by atoms with Crippen LogP contribution in [-0.4, -0.2) is 61.7 Å². The van der Waals surface area contributed by atoms with E-state index in [0.717, 1.165) is 12.4 Å². The molecule has 0 radical (unpaired) electrons. The van der Waals surface area contributed by atoms with Gasteiger partial charge in [0.25, 0.3) is 5.91 Å². The van der Waals surface area contributed by atoms with Crippen molar-refractivity contribution in [3.8, 4) is 0 Å². The second-order valence-electron chi connectivity index (χ2n) is 9.23. The van der Waals surface area contributed by atoms with Gasteiger partial charge in [0.1, 0.15) is 0 Å². The van der Waals surface area contributed by atoms with E-state index >= 15 is 0 Å².